The number of benzene rings is 10. The van der Waals surface area contributed by atoms with Gasteiger partial charge >= 0.3 is 0 Å². The van der Waals surface area contributed by atoms with Crippen LogP contribution in [0.2, 0.25) is 0 Å². The maximum Gasteiger partial charge on any atom is 0.145 e. The number of hydrogen-bond donors (Lipinski definition) is 0. The number of aromatic nitrogens is 1. The van der Waals surface area contributed by atoms with Gasteiger partial charge in [0.25, 0.3) is 0 Å². The minimum atomic E-state index is 0.859. The first-order valence-corrected chi connectivity index (χ1v) is 20.8. The Morgan fingerprint density at radius 3 is 1.70 bits per heavy atom. The molecule has 0 bridgehead atoms. The van der Waals surface area contributed by atoms with Crippen LogP contribution in [0.1, 0.15) is 0 Å². The lowest BCUT2D eigenvalue weighted by Gasteiger charge is -2.28. The molecule has 10 aromatic carbocycles. The summed E-state index contributed by atoms with van der Waals surface area (Å²) in [4.78, 5) is 2.44. The summed E-state index contributed by atoms with van der Waals surface area (Å²) < 4.78 is 9.39. The van der Waals surface area contributed by atoms with Crippen LogP contribution < -0.4 is 4.90 Å². The topological polar surface area (TPSA) is 21.3 Å². The fraction of sp³-hybridized carbons (Fsp3) is 0. The van der Waals surface area contributed by atoms with E-state index in [1.165, 1.54) is 38.2 Å². The van der Waals surface area contributed by atoms with Crippen LogP contribution in [-0.2, 0) is 0 Å². The molecule has 0 unspecified atom stereocenters. The molecule has 3 nitrogen and oxygen atoms in total. The number of anilines is 3. The summed E-state index contributed by atoms with van der Waals surface area (Å²) >= 11 is 0. The van der Waals surface area contributed by atoms with E-state index in [1.807, 2.05) is 0 Å². The summed E-state index contributed by atoms with van der Waals surface area (Å²) in [7, 11) is 0. The lowest BCUT2D eigenvalue weighted by atomic mass is 9.95. The molecule has 0 saturated heterocycles. The molecule has 12 aromatic rings. The number of hydrogen-bond acceptors (Lipinski definition) is 2. The molecule has 2 heterocycles. The first-order valence-electron chi connectivity index (χ1n) is 20.8. The van der Waals surface area contributed by atoms with Gasteiger partial charge in [0.2, 0.25) is 0 Å². The summed E-state index contributed by atoms with van der Waals surface area (Å²) in [5.74, 6) is 0. The van der Waals surface area contributed by atoms with Crippen molar-refractivity contribution >= 4 is 71.6 Å². The van der Waals surface area contributed by atoms with E-state index in [4.69, 9.17) is 4.42 Å². The number of fused-ring (bicyclic) bond motifs is 7. The van der Waals surface area contributed by atoms with Crippen LogP contribution in [0.25, 0.3) is 93.6 Å². The number of rotatable bonds is 7. The number of para-hydroxylation sites is 4. The summed E-state index contributed by atoms with van der Waals surface area (Å²) in [5, 5.41) is 6.94. The van der Waals surface area contributed by atoms with Crippen molar-refractivity contribution in [3.05, 3.63) is 231 Å². The SMILES string of the molecule is c1ccc(-c2ccc(-c3ccc(N(c4ccc(-c5cccc6ccccc56)c5oc6ccccc6c45)c4cccc5c6ccccc6n(-c6ccccc6)c45)cc3)cc2)cc1. The Morgan fingerprint density at radius 2 is 0.934 bits per heavy atom. The largest absolute Gasteiger partial charge is 0.455 e. The van der Waals surface area contributed by atoms with Gasteiger partial charge in [-0.1, -0.05) is 176 Å². The maximum atomic E-state index is 6.96. The highest BCUT2D eigenvalue weighted by molar-refractivity contribution is 6.20. The fourth-order valence-electron chi connectivity index (χ4n) is 9.39. The van der Waals surface area contributed by atoms with E-state index in [0.29, 0.717) is 0 Å². The second kappa shape index (κ2) is 14.3. The van der Waals surface area contributed by atoms with Gasteiger partial charge in [0.15, 0.2) is 0 Å². The summed E-state index contributed by atoms with van der Waals surface area (Å²) in [6.45, 7) is 0. The van der Waals surface area contributed by atoms with Crippen LogP contribution in [0.3, 0.4) is 0 Å². The van der Waals surface area contributed by atoms with Gasteiger partial charge in [0, 0.05) is 33.1 Å². The molecule has 12 rings (SSSR count). The predicted octanol–water partition coefficient (Wildman–Crippen LogP) is 16.3. The summed E-state index contributed by atoms with van der Waals surface area (Å²) in [6, 6.07) is 82.8. The average Bonchev–Trinajstić information content (AvgIpc) is 3.90. The zero-order valence-corrected chi connectivity index (χ0v) is 33.2. The molecule has 3 heteroatoms. The van der Waals surface area contributed by atoms with Crippen molar-refractivity contribution in [2.24, 2.45) is 0 Å². The third-order valence-electron chi connectivity index (χ3n) is 12.2. The lowest BCUT2D eigenvalue weighted by molar-refractivity contribution is 0.670. The standard InChI is InChI=1S/C58H38N2O/c1-3-15-39(16-4-1)40-29-31-41(32-30-40)42-33-35-45(36-34-42)59(54-27-14-25-49-48-22-9-11-26-52(48)60(57(49)54)44-19-5-2-6-20-44)53-38-37-50(47-24-13-18-43-17-7-8-21-46(43)47)58-56(53)51-23-10-12-28-55(51)61-58/h1-38H. The average molecular weight is 779 g/mol. The van der Waals surface area contributed by atoms with Crippen LogP contribution in [0.5, 0.6) is 0 Å². The molecule has 0 atom stereocenters. The van der Waals surface area contributed by atoms with E-state index in [9.17, 15) is 0 Å². The monoisotopic (exact) mass is 778 g/mol. The molecule has 0 N–H and O–H groups in total. The molecule has 0 saturated carbocycles. The minimum absolute atomic E-state index is 0.859. The second-order valence-electron chi connectivity index (χ2n) is 15.6. The highest BCUT2D eigenvalue weighted by Gasteiger charge is 2.26. The normalized spacial score (nSPS) is 11.6. The van der Waals surface area contributed by atoms with Gasteiger partial charge in [0.05, 0.1) is 27.8 Å². The number of furan rings is 1. The Bertz CT molecular complexity index is 3560. The molecule has 0 aliphatic heterocycles. The van der Waals surface area contributed by atoms with Crippen molar-refractivity contribution in [3.63, 3.8) is 0 Å². The molecule has 0 aliphatic rings. The Labute approximate surface area is 353 Å². The zero-order chi connectivity index (χ0) is 40.3. The summed E-state index contributed by atoms with van der Waals surface area (Å²) in [5.41, 5.74) is 15.3. The van der Waals surface area contributed by atoms with Crippen LogP contribution in [0.15, 0.2) is 235 Å². The van der Waals surface area contributed by atoms with Crippen LogP contribution in [-0.4, -0.2) is 4.57 Å². The molecule has 61 heavy (non-hydrogen) atoms. The molecule has 286 valence electrons. The molecule has 0 spiro atoms. The van der Waals surface area contributed by atoms with Crippen molar-refractivity contribution in [2.45, 2.75) is 0 Å². The van der Waals surface area contributed by atoms with E-state index in [1.54, 1.807) is 0 Å². The van der Waals surface area contributed by atoms with E-state index in [2.05, 4.69) is 240 Å². The quantitative estimate of drug-likeness (QED) is 0.161. The first-order chi connectivity index (χ1) is 30.3. The van der Waals surface area contributed by atoms with Gasteiger partial charge in [0.1, 0.15) is 11.2 Å². The zero-order valence-electron chi connectivity index (χ0n) is 33.2. The molecule has 0 radical (unpaired) electrons. The van der Waals surface area contributed by atoms with Crippen LogP contribution >= 0.6 is 0 Å². The van der Waals surface area contributed by atoms with E-state index < -0.39 is 0 Å². The minimum Gasteiger partial charge on any atom is -0.455 e. The molecule has 0 fully saturated rings. The Kier molecular flexibility index (Phi) is 8.17. The van der Waals surface area contributed by atoms with E-state index >= 15 is 0 Å². The van der Waals surface area contributed by atoms with Crippen molar-refractivity contribution in [1.82, 2.24) is 4.57 Å². The van der Waals surface area contributed by atoms with Crippen LogP contribution in [0, 0.1) is 0 Å². The first kappa shape index (κ1) is 34.9. The lowest BCUT2D eigenvalue weighted by Crippen LogP contribution is -2.12. The third-order valence-corrected chi connectivity index (χ3v) is 12.2. The van der Waals surface area contributed by atoms with Crippen molar-refractivity contribution < 1.29 is 4.42 Å². The van der Waals surface area contributed by atoms with E-state index in [-0.39, 0.29) is 0 Å². The van der Waals surface area contributed by atoms with Crippen molar-refractivity contribution in [3.8, 4) is 39.1 Å². The van der Waals surface area contributed by atoms with Gasteiger partial charge in [-0.25, -0.2) is 0 Å². The molecular formula is C58H38N2O. The molecule has 0 aliphatic carbocycles. The highest BCUT2D eigenvalue weighted by Crippen LogP contribution is 2.49. The number of nitrogens with zero attached hydrogens (tertiary/aromatic N) is 2. The second-order valence-corrected chi connectivity index (χ2v) is 15.6. The van der Waals surface area contributed by atoms with Crippen molar-refractivity contribution in [2.75, 3.05) is 4.90 Å². The van der Waals surface area contributed by atoms with Crippen LogP contribution in [0.4, 0.5) is 17.1 Å². The van der Waals surface area contributed by atoms with Gasteiger partial charge in [-0.3, -0.25) is 0 Å². The van der Waals surface area contributed by atoms with Crippen molar-refractivity contribution in [1.29, 1.82) is 0 Å². The van der Waals surface area contributed by atoms with E-state index in [0.717, 1.165) is 72.4 Å². The van der Waals surface area contributed by atoms with Gasteiger partial charge in [-0.05, 0) is 93.2 Å². The van der Waals surface area contributed by atoms with Gasteiger partial charge in [-0.15, -0.1) is 0 Å². The highest BCUT2D eigenvalue weighted by atomic mass is 16.3. The van der Waals surface area contributed by atoms with Gasteiger partial charge in [-0.2, -0.15) is 0 Å². The third kappa shape index (κ3) is 5.74. The Hall–Kier alpha value is -8.14. The maximum absolute atomic E-state index is 6.96. The van der Waals surface area contributed by atoms with Gasteiger partial charge < -0.3 is 13.9 Å². The molecular weight excluding hydrogens is 741 g/mol. The smallest absolute Gasteiger partial charge is 0.145 e. The molecule has 2 aromatic heterocycles. The Morgan fingerprint density at radius 1 is 0.361 bits per heavy atom. The predicted molar refractivity (Wildman–Crippen MR) is 257 cm³/mol. The Balaban J connectivity index is 1.12. The summed E-state index contributed by atoms with van der Waals surface area (Å²) in [6.07, 6.45) is 0. The fourth-order valence-corrected chi connectivity index (χ4v) is 9.39. The molecule has 0 amide bonds.